The Morgan fingerprint density at radius 2 is 1.41 bits per heavy atom. The normalized spacial score (nSPS) is 16.5. The van der Waals surface area contributed by atoms with Crippen LogP contribution in [0.15, 0.2) is 67.1 Å². The van der Waals surface area contributed by atoms with Gasteiger partial charge in [-0.1, -0.05) is 76.6 Å². The molecule has 63 heavy (non-hydrogen) atoms. The predicted molar refractivity (Wildman–Crippen MR) is 220 cm³/mol. The van der Waals surface area contributed by atoms with E-state index in [1.54, 1.807) is 63.2 Å². The van der Waals surface area contributed by atoms with Gasteiger partial charge in [-0.25, -0.2) is 14.6 Å². The van der Waals surface area contributed by atoms with Crippen molar-refractivity contribution in [3.63, 3.8) is 0 Å². The smallest absolute Gasteiger partial charge is 0.490 e. The molecule has 1 fully saturated rings. The number of carboxylic acids is 2. The molecule has 1 aliphatic heterocycles. The minimum atomic E-state index is -5.08. The van der Waals surface area contributed by atoms with Crippen molar-refractivity contribution in [2.45, 2.75) is 109 Å². The second kappa shape index (κ2) is 23.6. The SMILES string of the molecule is CCC(C)C(NC(=O)C(Cc1ccc(O)cc1)NC(=O)C(N)C(C)C)C(=O)NC(Cc1cnc[nH]1)C(=O)N1CCCC1C(=O)NC(Cc1ccccc1)C(=O)O.O=C(O)C(F)(F)F. The molecular weight excluding hydrogens is 834 g/mol. The summed E-state index contributed by atoms with van der Waals surface area (Å²) in [6, 6.07) is 8.44. The number of carboxylic acid groups (broad SMARTS) is 2. The third-order valence-corrected chi connectivity index (χ3v) is 10.4. The van der Waals surface area contributed by atoms with Gasteiger partial charge >= 0.3 is 18.1 Å². The van der Waals surface area contributed by atoms with Gasteiger partial charge in [0.05, 0.1) is 12.4 Å². The lowest BCUT2D eigenvalue weighted by Gasteiger charge is -2.31. The number of nitrogens with one attached hydrogen (secondary N) is 5. The standard InChI is InChI=1S/C40H54N8O8.C2HF3O2/c1-5-24(4)34(47-35(50)29(44-37(52)33(41)23(2)3)18-26-13-15-28(49)16-14-26)38(53)45-30(20-27-21-42-22-43-27)39(54)48-17-9-12-32(48)36(51)46-31(40(55)56)19-25-10-7-6-8-11-25;3-2(4,5)1(6)7/h6-8,10-11,13-16,21-24,29-34,49H,5,9,12,17-20,41H2,1-4H3,(H,42,43)(H,44,52)(H,45,53)(H,46,51)(H,47,50)(H,55,56);(H,6,7). The quantitative estimate of drug-likeness (QED) is 0.0834. The van der Waals surface area contributed by atoms with Crippen LogP contribution in [0.3, 0.4) is 0 Å². The summed E-state index contributed by atoms with van der Waals surface area (Å²) in [6.45, 7) is 7.37. The van der Waals surface area contributed by atoms with Gasteiger partial charge in [0, 0.05) is 37.7 Å². The van der Waals surface area contributed by atoms with Gasteiger partial charge in [0.25, 0.3) is 0 Å². The topological polar surface area (TPSA) is 286 Å². The molecule has 10 N–H and O–H groups in total. The zero-order chi connectivity index (χ0) is 47.0. The highest BCUT2D eigenvalue weighted by molar-refractivity contribution is 5.97. The summed E-state index contributed by atoms with van der Waals surface area (Å²) >= 11 is 0. The van der Waals surface area contributed by atoms with Gasteiger partial charge in [-0.05, 0) is 47.9 Å². The van der Waals surface area contributed by atoms with E-state index in [2.05, 4.69) is 31.2 Å². The van der Waals surface area contributed by atoms with Crippen molar-refractivity contribution in [2.75, 3.05) is 6.54 Å². The van der Waals surface area contributed by atoms with Crippen molar-refractivity contribution in [2.24, 2.45) is 17.6 Å². The number of aromatic hydroxyl groups is 1. The van der Waals surface area contributed by atoms with Crippen molar-refractivity contribution in [1.82, 2.24) is 36.1 Å². The van der Waals surface area contributed by atoms with E-state index in [9.17, 15) is 52.2 Å². The van der Waals surface area contributed by atoms with Crippen LogP contribution in [0.1, 0.15) is 63.8 Å². The number of carbonyl (C=O) groups is 7. The largest absolute Gasteiger partial charge is 0.508 e. The number of amides is 5. The number of imidazole rings is 1. The molecule has 4 rings (SSSR count). The third kappa shape index (κ3) is 15.7. The Balaban J connectivity index is 0.00000139. The molecule has 0 radical (unpaired) electrons. The Morgan fingerprint density at radius 3 is 1.95 bits per heavy atom. The van der Waals surface area contributed by atoms with E-state index in [1.165, 1.54) is 29.6 Å². The van der Waals surface area contributed by atoms with E-state index in [1.807, 2.05) is 6.92 Å². The molecule has 21 heteroatoms. The van der Waals surface area contributed by atoms with E-state index in [0.717, 1.165) is 5.56 Å². The number of halogens is 3. The predicted octanol–water partition coefficient (Wildman–Crippen LogP) is 1.82. The number of phenolic OH excluding ortho intramolecular Hbond substituents is 1. The Morgan fingerprint density at radius 1 is 0.825 bits per heavy atom. The van der Waals surface area contributed by atoms with E-state index in [0.29, 0.717) is 30.5 Å². The van der Waals surface area contributed by atoms with Crippen LogP contribution in [0.25, 0.3) is 0 Å². The van der Waals surface area contributed by atoms with E-state index >= 15 is 0 Å². The number of phenols is 1. The molecule has 7 atom stereocenters. The number of hydrogen-bond donors (Lipinski definition) is 9. The zero-order valence-electron chi connectivity index (χ0n) is 35.2. The first-order valence-electron chi connectivity index (χ1n) is 20.2. The molecule has 0 spiro atoms. The summed E-state index contributed by atoms with van der Waals surface area (Å²) in [7, 11) is 0. The molecule has 2 aromatic carbocycles. The molecule has 0 bridgehead atoms. The van der Waals surface area contributed by atoms with E-state index in [4.69, 9.17) is 15.6 Å². The second-order valence-corrected chi connectivity index (χ2v) is 15.5. The minimum Gasteiger partial charge on any atom is -0.508 e. The summed E-state index contributed by atoms with van der Waals surface area (Å²) in [5, 5.41) is 37.7. The highest BCUT2D eigenvalue weighted by Gasteiger charge is 2.41. The Kier molecular flexibility index (Phi) is 19.1. The van der Waals surface area contributed by atoms with Crippen molar-refractivity contribution in [1.29, 1.82) is 0 Å². The molecule has 0 saturated carbocycles. The second-order valence-electron chi connectivity index (χ2n) is 15.5. The fourth-order valence-electron chi connectivity index (χ4n) is 6.50. The van der Waals surface area contributed by atoms with E-state index < -0.39 is 89.8 Å². The average Bonchev–Trinajstić information content (AvgIpc) is 3.95. The summed E-state index contributed by atoms with van der Waals surface area (Å²) in [4.78, 5) is 98.5. The van der Waals surface area contributed by atoms with Crippen molar-refractivity contribution < 1.29 is 62.1 Å². The summed E-state index contributed by atoms with van der Waals surface area (Å²) in [5.41, 5.74) is 7.98. The van der Waals surface area contributed by atoms with Gasteiger partial charge < -0.3 is 52.2 Å². The van der Waals surface area contributed by atoms with Crippen LogP contribution in [0.2, 0.25) is 0 Å². The third-order valence-electron chi connectivity index (χ3n) is 10.4. The van der Waals surface area contributed by atoms with Crippen molar-refractivity contribution in [3.05, 3.63) is 83.9 Å². The Labute approximate surface area is 361 Å². The molecule has 5 amide bonds. The number of hydrogen-bond acceptors (Lipinski definition) is 10. The first kappa shape index (κ1) is 50.8. The monoisotopic (exact) mass is 888 g/mol. The Bertz CT molecular complexity index is 2000. The number of alkyl halides is 3. The van der Waals surface area contributed by atoms with Crippen LogP contribution in [0.5, 0.6) is 5.75 Å². The maximum atomic E-state index is 14.3. The number of likely N-dealkylation sites (tertiary alicyclic amines) is 1. The highest BCUT2D eigenvalue weighted by atomic mass is 19.4. The average molecular weight is 889 g/mol. The molecular formula is C42H55F3N8O10. The molecule has 1 aliphatic rings. The fraction of sp³-hybridized carbons (Fsp3) is 0.476. The number of H-pyrrole nitrogens is 1. The molecule has 0 aliphatic carbocycles. The first-order chi connectivity index (χ1) is 29.6. The molecule has 7 unspecified atom stereocenters. The lowest BCUT2D eigenvalue weighted by Crippen LogP contribution is -2.61. The van der Waals surface area contributed by atoms with Crippen LogP contribution in [-0.2, 0) is 52.8 Å². The van der Waals surface area contributed by atoms with Crippen LogP contribution >= 0.6 is 0 Å². The minimum absolute atomic E-state index is 0.0189. The van der Waals surface area contributed by atoms with Crippen LogP contribution < -0.4 is 27.0 Å². The number of benzene rings is 2. The lowest BCUT2D eigenvalue weighted by atomic mass is 9.96. The number of rotatable bonds is 19. The van der Waals surface area contributed by atoms with E-state index in [-0.39, 0.29) is 37.5 Å². The number of aromatic nitrogens is 2. The Hall–Kier alpha value is -6.51. The molecule has 1 aromatic heterocycles. The summed E-state index contributed by atoms with van der Waals surface area (Å²) in [6.07, 6.45) is -0.848. The van der Waals surface area contributed by atoms with Gasteiger partial charge in [-0.15, -0.1) is 0 Å². The summed E-state index contributed by atoms with van der Waals surface area (Å²) < 4.78 is 31.7. The maximum Gasteiger partial charge on any atom is 0.490 e. The van der Waals surface area contributed by atoms with Crippen LogP contribution in [-0.4, -0.2) is 121 Å². The number of carbonyl (C=O) groups excluding carboxylic acids is 5. The fourth-order valence-corrected chi connectivity index (χ4v) is 6.50. The van der Waals surface area contributed by atoms with Gasteiger partial charge in [0.1, 0.15) is 36.0 Å². The van der Waals surface area contributed by atoms with Gasteiger partial charge in [0.15, 0.2) is 0 Å². The van der Waals surface area contributed by atoms with Crippen molar-refractivity contribution >= 4 is 41.5 Å². The molecule has 18 nitrogen and oxygen atoms in total. The summed E-state index contributed by atoms with van der Waals surface area (Å²) in [5.74, 6) is -7.62. The van der Waals surface area contributed by atoms with Gasteiger partial charge in [-0.3, -0.25) is 24.0 Å². The lowest BCUT2D eigenvalue weighted by molar-refractivity contribution is -0.192. The first-order valence-corrected chi connectivity index (χ1v) is 20.2. The van der Waals surface area contributed by atoms with Gasteiger partial charge in [-0.2, -0.15) is 13.2 Å². The van der Waals surface area contributed by atoms with Crippen molar-refractivity contribution in [3.8, 4) is 5.75 Å². The van der Waals surface area contributed by atoms with Crippen LogP contribution in [0.4, 0.5) is 13.2 Å². The number of aromatic amines is 1. The van der Waals surface area contributed by atoms with Gasteiger partial charge in [0.2, 0.25) is 29.5 Å². The number of nitrogens with zero attached hydrogens (tertiary/aromatic N) is 2. The molecule has 2 heterocycles. The molecule has 3 aromatic rings. The zero-order valence-corrected chi connectivity index (χ0v) is 35.2. The number of aliphatic carboxylic acids is 2. The maximum absolute atomic E-state index is 14.3. The highest BCUT2D eigenvalue weighted by Crippen LogP contribution is 2.21. The number of nitrogens with two attached hydrogens (primary N) is 1. The van der Waals surface area contributed by atoms with Crippen LogP contribution in [0, 0.1) is 11.8 Å². The molecule has 344 valence electrons. The molecule has 1 saturated heterocycles.